The minimum atomic E-state index is -0.544. The Kier molecular flexibility index (Phi) is 6.10. The molecule has 0 radical (unpaired) electrons. The number of furan rings is 1. The number of carbonyl (C=O) groups is 1. The van der Waals surface area contributed by atoms with E-state index < -0.39 is 5.82 Å². The number of pyridine rings is 1. The Balaban J connectivity index is 1.51. The highest BCUT2D eigenvalue weighted by Crippen LogP contribution is 2.25. The van der Waals surface area contributed by atoms with Crippen LogP contribution in [0.3, 0.4) is 0 Å². The zero-order chi connectivity index (χ0) is 20.9. The first-order chi connectivity index (χ1) is 14.6. The van der Waals surface area contributed by atoms with Crippen LogP contribution in [0.15, 0.2) is 70.6 Å². The van der Waals surface area contributed by atoms with E-state index in [2.05, 4.69) is 20.5 Å². The molecular formula is C20H15ClFN5O2S. The van der Waals surface area contributed by atoms with Crippen molar-refractivity contribution in [1.82, 2.24) is 19.7 Å². The third-order valence-corrected chi connectivity index (χ3v) is 5.30. The van der Waals surface area contributed by atoms with Crippen LogP contribution in [0.5, 0.6) is 0 Å². The van der Waals surface area contributed by atoms with Gasteiger partial charge in [-0.2, -0.15) is 0 Å². The molecule has 4 rings (SSSR count). The average Bonchev–Trinajstić information content (AvgIpc) is 3.40. The number of nitrogens with zero attached hydrogens (tertiary/aromatic N) is 4. The van der Waals surface area contributed by atoms with Crippen LogP contribution in [0.4, 0.5) is 10.1 Å². The number of carbonyl (C=O) groups excluding carboxylic acids is 1. The van der Waals surface area contributed by atoms with E-state index in [-0.39, 0.29) is 16.7 Å². The fraction of sp³-hybridized carbons (Fsp3) is 0.100. The lowest BCUT2D eigenvalue weighted by molar-refractivity contribution is -0.113. The van der Waals surface area contributed by atoms with Crippen LogP contribution in [0.2, 0.25) is 5.02 Å². The van der Waals surface area contributed by atoms with Crippen LogP contribution < -0.4 is 5.32 Å². The van der Waals surface area contributed by atoms with Crippen molar-refractivity contribution in [3.8, 4) is 11.5 Å². The zero-order valence-corrected chi connectivity index (χ0v) is 17.0. The second-order valence-corrected chi connectivity index (χ2v) is 7.50. The van der Waals surface area contributed by atoms with Gasteiger partial charge in [0.1, 0.15) is 17.3 Å². The van der Waals surface area contributed by atoms with Crippen LogP contribution in [-0.2, 0) is 11.3 Å². The SMILES string of the molecule is O=C(CSc1nnc(-c2ccccn2)n1Cc1ccco1)Nc1ccc(F)c(Cl)c1. The van der Waals surface area contributed by atoms with Gasteiger partial charge in [-0.1, -0.05) is 29.4 Å². The highest BCUT2D eigenvalue weighted by molar-refractivity contribution is 7.99. The Morgan fingerprint density at radius 2 is 2.10 bits per heavy atom. The third kappa shape index (κ3) is 4.69. The van der Waals surface area contributed by atoms with Crippen molar-refractivity contribution < 1.29 is 13.6 Å². The molecule has 0 spiro atoms. The van der Waals surface area contributed by atoms with Crippen LogP contribution >= 0.6 is 23.4 Å². The van der Waals surface area contributed by atoms with E-state index in [1.54, 1.807) is 18.5 Å². The Morgan fingerprint density at radius 3 is 2.83 bits per heavy atom. The van der Waals surface area contributed by atoms with Crippen LogP contribution in [-0.4, -0.2) is 31.4 Å². The first-order valence-corrected chi connectivity index (χ1v) is 10.2. The number of halogens is 2. The molecule has 1 aromatic carbocycles. The predicted octanol–water partition coefficient (Wildman–Crippen LogP) is 4.50. The molecule has 10 heteroatoms. The van der Waals surface area contributed by atoms with Gasteiger partial charge in [0.25, 0.3) is 0 Å². The number of rotatable bonds is 7. The fourth-order valence-corrected chi connectivity index (χ4v) is 3.60. The summed E-state index contributed by atoms with van der Waals surface area (Å²) in [6, 6.07) is 13.2. The summed E-state index contributed by atoms with van der Waals surface area (Å²) in [5.74, 6) is 0.541. The van der Waals surface area contributed by atoms with E-state index in [1.807, 2.05) is 28.8 Å². The lowest BCUT2D eigenvalue weighted by Crippen LogP contribution is -2.15. The van der Waals surface area contributed by atoms with E-state index in [0.717, 1.165) is 5.76 Å². The van der Waals surface area contributed by atoms with Crippen molar-refractivity contribution >= 4 is 35.0 Å². The van der Waals surface area contributed by atoms with Gasteiger partial charge in [-0.15, -0.1) is 10.2 Å². The van der Waals surface area contributed by atoms with E-state index in [0.29, 0.717) is 28.9 Å². The summed E-state index contributed by atoms with van der Waals surface area (Å²) in [5.41, 5.74) is 1.08. The topological polar surface area (TPSA) is 85.8 Å². The molecule has 0 aliphatic carbocycles. The number of benzene rings is 1. The highest BCUT2D eigenvalue weighted by atomic mass is 35.5. The fourth-order valence-electron chi connectivity index (χ4n) is 2.68. The average molecular weight is 444 g/mol. The number of hydrogen-bond donors (Lipinski definition) is 1. The molecule has 3 aromatic heterocycles. The molecule has 0 saturated carbocycles. The first kappa shape index (κ1) is 20.1. The van der Waals surface area contributed by atoms with E-state index in [4.69, 9.17) is 16.0 Å². The molecule has 1 amide bonds. The first-order valence-electron chi connectivity index (χ1n) is 8.85. The zero-order valence-electron chi connectivity index (χ0n) is 15.5. The van der Waals surface area contributed by atoms with Gasteiger partial charge in [0, 0.05) is 11.9 Å². The molecule has 0 aliphatic rings. The maximum atomic E-state index is 13.3. The standard InChI is InChI=1S/C20H15ClFN5O2S/c21-15-10-13(6-7-16(15)22)24-18(28)12-30-20-26-25-19(17-5-1-2-8-23-17)27(20)11-14-4-3-9-29-14/h1-10H,11-12H2,(H,24,28). The molecule has 1 N–H and O–H groups in total. The number of aromatic nitrogens is 4. The lowest BCUT2D eigenvalue weighted by atomic mass is 10.3. The smallest absolute Gasteiger partial charge is 0.234 e. The molecule has 0 saturated heterocycles. The molecule has 4 aromatic rings. The molecular weight excluding hydrogens is 429 g/mol. The van der Waals surface area contributed by atoms with Crippen molar-refractivity contribution in [2.24, 2.45) is 0 Å². The number of hydrogen-bond acceptors (Lipinski definition) is 6. The van der Waals surface area contributed by atoms with E-state index in [9.17, 15) is 9.18 Å². The molecule has 0 atom stereocenters. The van der Waals surface area contributed by atoms with Gasteiger partial charge in [-0.25, -0.2) is 4.39 Å². The van der Waals surface area contributed by atoms with E-state index in [1.165, 1.54) is 30.0 Å². The normalized spacial score (nSPS) is 10.9. The van der Waals surface area contributed by atoms with Gasteiger partial charge in [0.05, 0.1) is 23.6 Å². The van der Waals surface area contributed by atoms with Crippen molar-refractivity contribution in [2.45, 2.75) is 11.7 Å². The van der Waals surface area contributed by atoms with Crippen molar-refractivity contribution in [3.05, 3.63) is 77.6 Å². The summed E-state index contributed by atoms with van der Waals surface area (Å²) in [5, 5.41) is 11.6. The molecule has 3 heterocycles. The van der Waals surface area contributed by atoms with Gasteiger partial charge in [-0.3, -0.25) is 14.3 Å². The second-order valence-electron chi connectivity index (χ2n) is 6.15. The summed E-state index contributed by atoms with van der Waals surface area (Å²) in [4.78, 5) is 16.7. The summed E-state index contributed by atoms with van der Waals surface area (Å²) < 4.78 is 20.6. The summed E-state index contributed by atoms with van der Waals surface area (Å²) in [7, 11) is 0. The Labute approximate surface area is 180 Å². The quantitative estimate of drug-likeness (QED) is 0.423. The molecule has 0 aliphatic heterocycles. The van der Waals surface area contributed by atoms with Gasteiger partial charge in [-0.05, 0) is 42.5 Å². The van der Waals surface area contributed by atoms with Crippen LogP contribution in [0.1, 0.15) is 5.76 Å². The minimum absolute atomic E-state index is 0.0568. The molecule has 0 bridgehead atoms. The predicted molar refractivity (Wildman–Crippen MR) is 112 cm³/mol. The molecule has 0 fully saturated rings. The Morgan fingerprint density at radius 1 is 1.20 bits per heavy atom. The Hall–Kier alpha value is -3.17. The second kappa shape index (κ2) is 9.10. The number of nitrogens with one attached hydrogen (secondary N) is 1. The van der Waals surface area contributed by atoms with E-state index >= 15 is 0 Å². The van der Waals surface area contributed by atoms with Gasteiger partial charge < -0.3 is 9.73 Å². The molecule has 30 heavy (non-hydrogen) atoms. The summed E-state index contributed by atoms with van der Waals surface area (Å²) >= 11 is 6.97. The number of thioether (sulfide) groups is 1. The van der Waals surface area contributed by atoms with Crippen LogP contribution in [0, 0.1) is 5.82 Å². The number of anilines is 1. The minimum Gasteiger partial charge on any atom is -0.467 e. The summed E-state index contributed by atoms with van der Waals surface area (Å²) in [6.45, 7) is 0.392. The van der Waals surface area contributed by atoms with Crippen molar-refractivity contribution in [2.75, 3.05) is 11.1 Å². The molecule has 7 nitrogen and oxygen atoms in total. The Bertz CT molecular complexity index is 1150. The highest BCUT2D eigenvalue weighted by Gasteiger charge is 2.18. The lowest BCUT2D eigenvalue weighted by Gasteiger charge is -2.09. The number of amides is 1. The molecule has 152 valence electrons. The van der Waals surface area contributed by atoms with Gasteiger partial charge in [0.2, 0.25) is 5.91 Å². The monoisotopic (exact) mass is 443 g/mol. The van der Waals surface area contributed by atoms with Crippen LogP contribution in [0.25, 0.3) is 11.5 Å². The largest absolute Gasteiger partial charge is 0.467 e. The third-order valence-electron chi connectivity index (χ3n) is 4.04. The summed E-state index contributed by atoms with van der Waals surface area (Å²) in [6.07, 6.45) is 3.27. The van der Waals surface area contributed by atoms with Crippen molar-refractivity contribution in [1.29, 1.82) is 0 Å². The van der Waals surface area contributed by atoms with Crippen molar-refractivity contribution in [3.63, 3.8) is 0 Å². The maximum absolute atomic E-state index is 13.3. The van der Waals surface area contributed by atoms with Gasteiger partial charge in [0.15, 0.2) is 11.0 Å². The molecule has 0 unspecified atom stereocenters. The van der Waals surface area contributed by atoms with Gasteiger partial charge >= 0.3 is 0 Å². The maximum Gasteiger partial charge on any atom is 0.234 e.